The van der Waals surface area contributed by atoms with Gasteiger partial charge in [0.15, 0.2) is 11.5 Å². The Balaban J connectivity index is 1.28. The summed E-state index contributed by atoms with van der Waals surface area (Å²) in [4.78, 5) is 17.6. The largest absolute Gasteiger partial charge is 0.454 e. The molecular weight excluding hydrogens is 567 g/mol. The summed E-state index contributed by atoms with van der Waals surface area (Å²) in [5.41, 5.74) is 3.61. The molecule has 1 aliphatic rings. The smallest absolute Gasteiger partial charge is 0.335 e. The molecule has 2 heterocycles. The second kappa shape index (κ2) is 12.9. The van der Waals surface area contributed by atoms with Gasteiger partial charge in [0.25, 0.3) is 0 Å². The molecule has 0 fully saturated rings. The van der Waals surface area contributed by atoms with Gasteiger partial charge in [0.05, 0.1) is 19.4 Å². The number of oxazole rings is 1. The van der Waals surface area contributed by atoms with Crippen LogP contribution in [0.3, 0.4) is 0 Å². The summed E-state index contributed by atoms with van der Waals surface area (Å²) < 4.78 is 40.6. The van der Waals surface area contributed by atoms with E-state index in [-0.39, 0.29) is 25.3 Å². The fourth-order valence-electron chi connectivity index (χ4n) is 4.40. The second-order valence-corrected chi connectivity index (χ2v) is 11.7. The molecule has 0 aliphatic carbocycles. The highest BCUT2D eigenvalue weighted by atomic mass is 35.5. The highest BCUT2D eigenvalue weighted by Gasteiger charge is 2.24. The highest BCUT2D eigenvalue weighted by molar-refractivity contribution is 7.53. The van der Waals surface area contributed by atoms with Gasteiger partial charge in [-0.05, 0) is 61.9 Å². The standard InChI is InChI=1S/C30H30ClN2O7P/c1-3-38-41(35,39-4-2)18-20-5-12-24(13-6-20)32-28(34)16-15-26-29(21-7-10-23(31)11-8-21)33-30(40-26)22-9-14-25-27(17-22)37-19-36-25/h5-14,17H,3-4,15-16,18-19H2,1-2H3,(H,32,34). The van der Waals surface area contributed by atoms with Gasteiger partial charge in [-0.15, -0.1) is 0 Å². The van der Waals surface area contributed by atoms with Crippen LogP contribution in [0.1, 0.15) is 31.6 Å². The van der Waals surface area contributed by atoms with E-state index in [0.29, 0.717) is 59.2 Å². The van der Waals surface area contributed by atoms with Crippen LogP contribution in [-0.4, -0.2) is 30.9 Å². The molecule has 4 aromatic rings. The van der Waals surface area contributed by atoms with Crippen molar-refractivity contribution in [3.8, 4) is 34.2 Å². The monoisotopic (exact) mass is 596 g/mol. The molecule has 0 unspecified atom stereocenters. The summed E-state index contributed by atoms with van der Waals surface area (Å²) in [5, 5.41) is 3.52. The Morgan fingerprint density at radius 1 is 0.951 bits per heavy atom. The van der Waals surface area contributed by atoms with Crippen molar-refractivity contribution in [2.75, 3.05) is 25.3 Å². The van der Waals surface area contributed by atoms with Crippen LogP contribution >= 0.6 is 19.2 Å². The number of aromatic nitrogens is 1. The molecule has 5 rings (SSSR count). The fraction of sp³-hybridized carbons (Fsp3) is 0.267. The van der Waals surface area contributed by atoms with Gasteiger partial charge in [-0.25, -0.2) is 4.98 Å². The summed E-state index contributed by atoms with van der Waals surface area (Å²) in [6.07, 6.45) is 0.654. The molecule has 3 aromatic carbocycles. The molecule has 214 valence electrons. The number of amides is 1. The van der Waals surface area contributed by atoms with Crippen molar-refractivity contribution in [2.45, 2.75) is 32.9 Å². The first-order valence-corrected chi connectivity index (χ1v) is 15.4. The maximum atomic E-state index is 12.9. The number of nitrogens with zero attached hydrogens (tertiary/aromatic N) is 1. The number of benzene rings is 3. The molecule has 1 aromatic heterocycles. The van der Waals surface area contributed by atoms with Crippen molar-refractivity contribution in [1.29, 1.82) is 0 Å². The van der Waals surface area contributed by atoms with Crippen LogP contribution in [0.2, 0.25) is 5.02 Å². The minimum absolute atomic E-state index is 0.160. The van der Waals surface area contributed by atoms with Crippen LogP contribution in [0.4, 0.5) is 5.69 Å². The summed E-state index contributed by atoms with van der Waals surface area (Å²) in [6, 6.07) is 19.9. The zero-order valence-corrected chi connectivity index (χ0v) is 24.4. The van der Waals surface area contributed by atoms with Crippen LogP contribution in [-0.2, 0) is 31.0 Å². The van der Waals surface area contributed by atoms with Crippen molar-refractivity contribution < 1.29 is 32.3 Å². The molecule has 0 saturated carbocycles. The summed E-state index contributed by atoms with van der Waals surface area (Å²) in [7, 11) is -3.21. The van der Waals surface area contributed by atoms with E-state index in [4.69, 9.17) is 39.5 Å². The first kappa shape index (κ1) is 28.9. The maximum absolute atomic E-state index is 12.9. The molecule has 11 heteroatoms. The number of halogens is 1. The second-order valence-electron chi connectivity index (χ2n) is 9.22. The van der Waals surface area contributed by atoms with Gasteiger partial charge in [0.2, 0.25) is 18.6 Å². The van der Waals surface area contributed by atoms with Crippen LogP contribution in [0, 0.1) is 0 Å². The van der Waals surface area contributed by atoms with Crippen molar-refractivity contribution in [1.82, 2.24) is 4.98 Å². The Labute approximate surface area is 243 Å². The van der Waals surface area contributed by atoms with Crippen LogP contribution in [0.15, 0.2) is 71.1 Å². The maximum Gasteiger partial charge on any atom is 0.335 e. The van der Waals surface area contributed by atoms with E-state index in [2.05, 4.69) is 5.32 Å². The van der Waals surface area contributed by atoms with E-state index in [1.807, 2.05) is 30.3 Å². The lowest BCUT2D eigenvalue weighted by Crippen LogP contribution is -2.12. The molecule has 9 nitrogen and oxygen atoms in total. The average Bonchev–Trinajstić information content (AvgIpc) is 3.60. The minimum Gasteiger partial charge on any atom is -0.454 e. The van der Waals surface area contributed by atoms with Gasteiger partial charge < -0.3 is 28.3 Å². The lowest BCUT2D eigenvalue weighted by molar-refractivity contribution is -0.116. The zero-order chi connectivity index (χ0) is 28.8. The predicted octanol–water partition coefficient (Wildman–Crippen LogP) is 7.73. The molecule has 1 amide bonds. The average molecular weight is 597 g/mol. The SMILES string of the molecule is CCOP(=O)(Cc1ccc(NC(=O)CCc2oc(-c3ccc4c(c3)OCO4)nc2-c2ccc(Cl)cc2)cc1)OCC. The summed E-state index contributed by atoms with van der Waals surface area (Å²) >= 11 is 6.09. The fourth-order valence-corrected chi connectivity index (χ4v) is 6.23. The molecule has 0 saturated heterocycles. The third-order valence-corrected chi connectivity index (χ3v) is 8.59. The Kier molecular flexibility index (Phi) is 9.10. The van der Waals surface area contributed by atoms with E-state index in [1.165, 1.54) is 0 Å². The van der Waals surface area contributed by atoms with Crippen LogP contribution in [0.25, 0.3) is 22.7 Å². The number of rotatable bonds is 12. The van der Waals surface area contributed by atoms with E-state index in [1.54, 1.807) is 50.2 Å². The number of ether oxygens (including phenoxy) is 2. The van der Waals surface area contributed by atoms with Gasteiger partial charge >= 0.3 is 7.60 Å². The lowest BCUT2D eigenvalue weighted by Gasteiger charge is -2.17. The molecule has 0 spiro atoms. The number of nitrogens with one attached hydrogen (secondary N) is 1. The van der Waals surface area contributed by atoms with Crippen molar-refractivity contribution in [2.24, 2.45) is 0 Å². The summed E-state index contributed by atoms with van der Waals surface area (Å²) in [6.45, 7) is 4.33. The lowest BCUT2D eigenvalue weighted by atomic mass is 10.1. The van der Waals surface area contributed by atoms with Gasteiger partial charge in [-0.3, -0.25) is 9.36 Å². The van der Waals surface area contributed by atoms with Crippen LogP contribution in [0.5, 0.6) is 11.5 Å². The van der Waals surface area contributed by atoms with Gasteiger partial charge in [-0.1, -0.05) is 35.9 Å². The Morgan fingerprint density at radius 2 is 1.63 bits per heavy atom. The molecule has 0 radical (unpaired) electrons. The number of hydrogen-bond acceptors (Lipinski definition) is 8. The number of carbonyl (C=O) groups is 1. The van der Waals surface area contributed by atoms with E-state index >= 15 is 0 Å². The molecule has 0 bridgehead atoms. The Bertz CT molecular complexity index is 1540. The summed E-state index contributed by atoms with van der Waals surface area (Å²) in [5.74, 6) is 2.10. The normalized spacial score (nSPS) is 12.5. The van der Waals surface area contributed by atoms with E-state index in [9.17, 15) is 9.36 Å². The first-order chi connectivity index (χ1) is 19.9. The van der Waals surface area contributed by atoms with E-state index < -0.39 is 7.60 Å². The number of anilines is 1. The Morgan fingerprint density at radius 3 is 2.34 bits per heavy atom. The third kappa shape index (κ3) is 7.18. The van der Waals surface area contributed by atoms with Crippen molar-refractivity contribution in [3.63, 3.8) is 0 Å². The van der Waals surface area contributed by atoms with Crippen LogP contribution < -0.4 is 14.8 Å². The molecule has 1 N–H and O–H groups in total. The van der Waals surface area contributed by atoms with Gasteiger partial charge in [0.1, 0.15) is 11.5 Å². The number of fused-ring (bicyclic) bond motifs is 1. The molecule has 1 aliphatic heterocycles. The number of hydrogen-bond donors (Lipinski definition) is 1. The zero-order valence-electron chi connectivity index (χ0n) is 22.7. The topological polar surface area (TPSA) is 109 Å². The number of aryl methyl sites for hydroxylation is 1. The Hall–Kier alpha value is -3.62. The first-order valence-electron chi connectivity index (χ1n) is 13.3. The molecular formula is C30H30ClN2O7P. The van der Waals surface area contributed by atoms with E-state index in [0.717, 1.165) is 16.7 Å². The number of carbonyl (C=O) groups excluding carboxylic acids is 1. The van der Waals surface area contributed by atoms with Crippen molar-refractivity contribution >= 4 is 30.8 Å². The minimum atomic E-state index is -3.21. The third-order valence-electron chi connectivity index (χ3n) is 6.28. The predicted molar refractivity (Wildman–Crippen MR) is 156 cm³/mol. The molecule has 0 atom stereocenters. The molecule has 41 heavy (non-hydrogen) atoms. The van der Waals surface area contributed by atoms with Gasteiger partial charge in [0, 0.05) is 34.7 Å². The van der Waals surface area contributed by atoms with Gasteiger partial charge in [-0.2, -0.15) is 0 Å². The van der Waals surface area contributed by atoms with Crippen molar-refractivity contribution in [3.05, 3.63) is 83.1 Å². The quantitative estimate of drug-likeness (QED) is 0.165. The highest BCUT2D eigenvalue weighted by Crippen LogP contribution is 2.51.